The molecule has 0 aliphatic heterocycles. The van der Waals surface area contributed by atoms with Crippen LogP contribution in [0.5, 0.6) is 0 Å². The van der Waals surface area contributed by atoms with E-state index in [-0.39, 0.29) is 17.1 Å². The maximum atomic E-state index is 12.5. The van der Waals surface area contributed by atoms with Crippen molar-refractivity contribution in [3.63, 3.8) is 0 Å². The highest BCUT2D eigenvalue weighted by atomic mass is 32.2. The fraction of sp³-hybridized carbons (Fsp3) is 0.227. The Hall–Kier alpha value is -3.04. The molecule has 4 rings (SSSR count). The molecular weight excluding hydrogens is 432 g/mol. The number of hydrogen-bond acceptors (Lipinski definition) is 6. The van der Waals surface area contributed by atoms with E-state index in [2.05, 4.69) is 28.4 Å². The molecule has 0 saturated carbocycles. The Morgan fingerprint density at radius 3 is 2.52 bits per heavy atom. The molecule has 0 radical (unpaired) electrons. The van der Waals surface area contributed by atoms with Gasteiger partial charge in [-0.2, -0.15) is 9.78 Å². The number of amides is 1. The van der Waals surface area contributed by atoms with E-state index in [0.717, 1.165) is 21.5 Å². The van der Waals surface area contributed by atoms with Gasteiger partial charge in [0, 0.05) is 12.5 Å². The Bertz CT molecular complexity index is 1330. The first kappa shape index (κ1) is 21.2. The van der Waals surface area contributed by atoms with Crippen LogP contribution in [0.4, 0.5) is 5.82 Å². The molecule has 9 heteroatoms. The lowest BCUT2D eigenvalue weighted by atomic mass is 10.1. The topological polar surface area (TPSA) is 94.0 Å². The van der Waals surface area contributed by atoms with Gasteiger partial charge < -0.3 is 5.32 Å². The van der Waals surface area contributed by atoms with Crippen LogP contribution in [-0.2, 0) is 14.6 Å². The summed E-state index contributed by atoms with van der Waals surface area (Å²) in [5.41, 5.74) is 3.95. The normalized spacial score (nSPS) is 11.7. The fourth-order valence-electron chi connectivity index (χ4n) is 3.17. The van der Waals surface area contributed by atoms with E-state index in [9.17, 15) is 13.2 Å². The highest BCUT2D eigenvalue weighted by Crippen LogP contribution is 2.29. The molecule has 2 aromatic heterocycles. The van der Waals surface area contributed by atoms with Gasteiger partial charge in [-0.25, -0.2) is 13.4 Å². The summed E-state index contributed by atoms with van der Waals surface area (Å²) in [5, 5.41) is 7.89. The second kappa shape index (κ2) is 8.24. The Morgan fingerprint density at radius 2 is 1.77 bits per heavy atom. The van der Waals surface area contributed by atoms with Crippen molar-refractivity contribution in [3.05, 3.63) is 65.4 Å². The molecule has 0 bridgehead atoms. The second-order valence-electron chi connectivity index (χ2n) is 7.41. The SMILES string of the molecule is Cc1cc(NC(=O)CCS(=O)(=O)c2ccccc2)n(-c2nc3cc(C)c(C)cc3s2)n1. The van der Waals surface area contributed by atoms with Crippen LogP contribution in [0.2, 0.25) is 0 Å². The minimum atomic E-state index is -3.52. The number of carbonyl (C=O) groups excluding carboxylic acids is 1. The number of fused-ring (bicyclic) bond motifs is 1. The fourth-order valence-corrected chi connectivity index (χ4v) is 5.44. The second-order valence-corrected chi connectivity index (χ2v) is 10.5. The van der Waals surface area contributed by atoms with Gasteiger partial charge in [0.2, 0.25) is 11.0 Å². The third kappa shape index (κ3) is 4.52. The number of nitrogens with one attached hydrogen (secondary N) is 1. The predicted octanol–water partition coefficient (Wildman–Crippen LogP) is 4.21. The van der Waals surface area contributed by atoms with Crippen LogP contribution >= 0.6 is 11.3 Å². The number of thiazole rings is 1. The van der Waals surface area contributed by atoms with Crippen LogP contribution in [0.3, 0.4) is 0 Å². The third-order valence-corrected chi connectivity index (χ3v) is 7.70. The quantitative estimate of drug-likeness (QED) is 0.471. The van der Waals surface area contributed by atoms with Crippen molar-refractivity contribution in [2.45, 2.75) is 32.1 Å². The number of aryl methyl sites for hydroxylation is 3. The molecule has 1 N–H and O–H groups in total. The summed E-state index contributed by atoms with van der Waals surface area (Å²) in [4.78, 5) is 17.4. The van der Waals surface area contributed by atoms with Gasteiger partial charge in [0.05, 0.1) is 26.6 Å². The van der Waals surface area contributed by atoms with Crippen LogP contribution < -0.4 is 5.32 Å². The Morgan fingerprint density at radius 1 is 1.06 bits per heavy atom. The van der Waals surface area contributed by atoms with Gasteiger partial charge >= 0.3 is 0 Å². The van der Waals surface area contributed by atoms with Crippen molar-refractivity contribution >= 4 is 43.1 Å². The van der Waals surface area contributed by atoms with Crippen molar-refractivity contribution in [2.75, 3.05) is 11.1 Å². The first-order chi connectivity index (χ1) is 14.7. The van der Waals surface area contributed by atoms with Crippen molar-refractivity contribution in [1.29, 1.82) is 0 Å². The molecule has 31 heavy (non-hydrogen) atoms. The van der Waals surface area contributed by atoms with Gasteiger partial charge in [0.1, 0.15) is 5.82 Å². The first-order valence-electron chi connectivity index (χ1n) is 9.75. The van der Waals surface area contributed by atoms with Gasteiger partial charge in [-0.05, 0) is 56.2 Å². The Balaban J connectivity index is 1.53. The zero-order valence-corrected chi connectivity index (χ0v) is 19.0. The highest BCUT2D eigenvalue weighted by molar-refractivity contribution is 7.91. The van der Waals surface area contributed by atoms with Crippen molar-refractivity contribution in [3.8, 4) is 5.13 Å². The molecule has 0 atom stereocenters. The van der Waals surface area contributed by atoms with E-state index in [0.29, 0.717) is 10.9 Å². The first-order valence-corrected chi connectivity index (χ1v) is 12.2. The summed E-state index contributed by atoms with van der Waals surface area (Å²) in [7, 11) is -3.52. The number of sulfone groups is 1. The molecule has 2 aromatic carbocycles. The van der Waals surface area contributed by atoms with Crippen molar-refractivity contribution in [1.82, 2.24) is 14.8 Å². The largest absolute Gasteiger partial charge is 0.310 e. The molecular formula is C22H22N4O3S2. The number of aromatic nitrogens is 3. The number of hydrogen-bond donors (Lipinski definition) is 1. The van der Waals surface area contributed by atoms with Crippen LogP contribution in [0, 0.1) is 20.8 Å². The van der Waals surface area contributed by atoms with Crippen LogP contribution in [0.25, 0.3) is 15.3 Å². The van der Waals surface area contributed by atoms with E-state index >= 15 is 0 Å². The highest BCUT2D eigenvalue weighted by Gasteiger charge is 2.19. The smallest absolute Gasteiger partial charge is 0.226 e. The Labute approximate surface area is 184 Å². The predicted molar refractivity (Wildman–Crippen MR) is 123 cm³/mol. The third-order valence-electron chi connectivity index (χ3n) is 4.97. The average molecular weight is 455 g/mol. The summed E-state index contributed by atoms with van der Waals surface area (Å²) in [6.45, 7) is 5.93. The zero-order chi connectivity index (χ0) is 22.2. The number of benzene rings is 2. The summed E-state index contributed by atoms with van der Waals surface area (Å²) in [5.74, 6) is -0.198. The molecule has 0 fully saturated rings. The lowest BCUT2D eigenvalue weighted by molar-refractivity contribution is -0.115. The monoisotopic (exact) mass is 454 g/mol. The molecule has 0 unspecified atom stereocenters. The molecule has 160 valence electrons. The molecule has 2 heterocycles. The Kier molecular flexibility index (Phi) is 5.63. The molecule has 7 nitrogen and oxygen atoms in total. The number of rotatable bonds is 6. The number of anilines is 1. The molecule has 4 aromatic rings. The maximum Gasteiger partial charge on any atom is 0.226 e. The molecule has 0 aliphatic carbocycles. The van der Waals surface area contributed by atoms with Gasteiger partial charge in [-0.15, -0.1) is 0 Å². The van der Waals surface area contributed by atoms with Gasteiger partial charge in [0.15, 0.2) is 9.84 Å². The standard InChI is InChI=1S/C22H22N4O3S2/c1-14-11-18-19(12-15(14)2)30-22(23-18)26-20(13-16(3)25-26)24-21(27)9-10-31(28,29)17-7-5-4-6-8-17/h4-8,11-13H,9-10H2,1-3H3,(H,24,27). The molecule has 1 amide bonds. The van der Waals surface area contributed by atoms with E-state index in [4.69, 9.17) is 0 Å². The maximum absolute atomic E-state index is 12.5. The minimum absolute atomic E-state index is 0.153. The lowest BCUT2D eigenvalue weighted by Crippen LogP contribution is -2.19. The summed E-state index contributed by atoms with van der Waals surface area (Å²) in [6.07, 6.45) is -0.153. The van der Waals surface area contributed by atoms with E-state index in [1.165, 1.54) is 29.0 Å². The van der Waals surface area contributed by atoms with Gasteiger partial charge in [-0.3, -0.25) is 4.79 Å². The van der Waals surface area contributed by atoms with E-state index in [1.807, 2.05) is 19.9 Å². The van der Waals surface area contributed by atoms with Crippen molar-refractivity contribution in [2.24, 2.45) is 0 Å². The molecule has 0 aliphatic rings. The summed E-state index contributed by atoms with van der Waals surface area (Å²) >= 11 is 1.48. The van der Waals surface area contributed by atoms with E-state index < -0.39 is 15.7 Å². The van der Waals surface area contributed by atoms with Crippen LogP contribution in [-0.4, -0.2) is 34.8 Å². The minimum Gasteiger partial charge on any atom is -0.310 e. The van der Waals surface area contributed by atoms with Gasteiger partial charge in [0.25, 0.3) is 0 Å². The number of carbonyl (C=O) groups is 1. The molecule has 0 saturated heterocycles. The van der Waals surface area contributed by atoms with Crippen molar-refractivity contribution < 1.29 is 13.2 Å². The number of nitrogens with zero attached hydrogens (tertiary/aromatic N) is 3. The van der Waals surface area contributed by atoms with E-state index in [1.54, 1.807) is 28.9 Å². The summed E-state index contributed by atoms with van der Waals surface area (Å²) < 4.78 is 27.5. The zero-order valence-electron chi connectivity index (χ0n) is 17.4. The average Bonchev–Trinajstić information content (AvgIpc) is 3.30. The van der Waals surface area contributed by atoms with Crippen LogP contribution in [0.1, 0.15) is 23.2 Å². The van der Waals surface area contributed by atoms with Crippen LogP contribution in [0.15, 0.2) is 53.4 Å². The van der Waals surface area contributed by atoms with Gasteiger partial charge in [-0.1, -0.05) is 29.5 Å². The lowest BCUT2D eigenvalue weighted by Gasteiger charge is -2.07. The summed E-state index contributed by atoms with van der Waals surface area (Å²) in [6, 6.07) is 14.0. The molecule has 0 spiro atoms.